The molecule has 2 heterocycles. The van der Waals surface area contributed by atoms with Crippen LogP contribution in [0, 0.1) is 12.7 Å². The monoisotopic (exact) mass is 442 g/mol. The van der Waals surface area contributed by atoms with Crippen molar-refractivity contribution in [2.75, 3.05) is 26.2 Å². The molecule has 1 saturated heterocycles. The second-order valence-electron chi connectivity index (χ2n) is 7.62. The Morgan fingerprint density at radius 3 is 2.68 bits per heavy atom. The summed E-state index contributed by atoms with van der Waals surface area (Å²) in [7, 11) is 0. The molecule has 31 heavy (non-hydrogen) atoms. The van der Waals surface area contributed by atoms with Gasteiger partial charge in [0.15, 0.2) is 12.4 Å². The van der Waals surface area contributed by atoms with Crippen LogP contribution in [-0.2, 0) is 13.3 Å². The number of piperazine rings is 1. The van der Waals surface area contributed by atoms with Gasteiger partial charge in [0.05, 0.1) is 0 Å². The highest BCUT2D eigenvalue weighted by Crippen LogP contribution is 2.21. The van der Waals surface area contributed by atoms with Crippen molar-refractivity contribution >= 4 is 17.5 Å². The lowest BCUT2D eigenvalue weighted by atomic mass is 10.2. The quantitative estimate of drug-likeness (QED) is 0.579. The van der Waals surface area contributed by atoms with Gasteiger partial charge in [0.2, 0.25) is 0 Å². The number of carbonyl (C=O) groups excluding carboxylic acids is 1. The highest BCUT2D eigenvalue weighted by atomic mass is 35.5. The van der Waals surface area contributed by atoms with E-state index in [1.807, 2.05) is 19.1 Å². The molecule has 1 aromatic heterocycles. The predicted molar refractivity (Wildman–Crippen MR) is 117 cm³/mol. The molecule has 0 saturated carbocycles. The lowest BCUT2D eigenvalue weighted by molar-refractivity contribution is 0.0620. The normalized spacial score (nSPS) is 14.6. The molecule has 1 aliphatic rings. The third kappa shape index (κ3) is 5.42. The average Bonchev–Trinajstić information content (AvgIpc) is 3.24. The van der Waals surface area contributed by atoms with Crippen LogP contribution in [0.15, 0.2) is 54.7 Å². The van der Waals surface area contributed by atoms with Crippen LogP contribution in [-0.4, -0.2) is 51.7 Å². The molecule has 0 radical (unpaired) electrons. The second kappa shape index (κ2) is 9.49. The van der Waals surface area contributed by atoms with E-state index in [0.717, 1.165) is 24.2 Å². The minimum absolute atomic E-state index is 0.0912. The average molecular weight is 443 g/mol. The number of rotatable bonds is 6. The van der Waals surface area contributed by atoms with Gasteiger partial charge in [-0.3, -0.25) is 9.69 Å². The molecule has 6 nitrogen and oxygen atoms in total. The summed E-state index contributed by atoms with van der Waals surface area (Å²) in [6.45, 7) is 5.50. The Labute approximate surface area is 185 Å². The zero-order valence-electron chi connectivity index (χ0n) is 17.3. The molecule has 2 aromatic carbocycles. The molecule has 3 aromatic rings. The Kier molecular flexibility index (Phi) is 6.53. The maximum Gasteiger partial charge on any atom is 0.274 e. The summed E-state index contributed by atoms with van der Waals surface area (Å²) in [4.78, 5) is 16.8. The maximum absolute atomic E-state index is 13.4. The van der Waals surface area contributed by atoms with Gasteiger partial charge in [-0.25, -0.2) is 9.07 Å². The van der Waals surface area contributed by atoms with E-state index < -0.39 is 0 Å². The van der Waals surface area contributed by atoms with Gasteiger partial charge in [0.25, 0.3) is 5.91 Å². The van der Waals surface area contributed by atoms with E-state index in [1.165, 1.54) is 6.07 Å². The molecule has 0 bridgehead atoms. The first-order valence-corrected chi connectivity index (χ1v) is 10.5. The Morgan fingerprint density at radius 2 is 1.94 bits per heavy atom. The highest BCUT2D eigenvalue weighted by Gasteiger charge is 2.23. The number of carbonyl (C=O) groups is 1. The minimum atomic E-state index is -0.225. The van der Waals surface area contributed by atoms with Crippen LogP contribution in [0.2, 0.25) is 5.02 Å². The summed E-state index contributed by atoms with van der Waals surface area (Å²) in [6.07, 6.45) is 1.73. The molecule has 4 rings (SSSR count). The summed E-state index contributed by atoms with van der Waals surface area (Å²) in [5, 5.41) is 5.05. The number of hydrogen-bond donors (Lipinski definition) is 0. The number of aryl methyl sites for hydroxylation is 1. The zero-order chi connectivity index (χ0) is 21.8. The third-order valence-corrected chi connectivity index (χ3v) is 5.73. The lowest BCUT2D eigenvalue weighted by Crippen LogP contribution is -2.48. The molecule has 0 spiro atoms. The Morgan fingerprint density at radius 1 is 1.13 bits per heavy atom. The largest absolute Gasteiger partial charge is 0.471 e. The molecular weight excluding hydrogens is 419 g/mol. The molecule has 8 heteroatoms. The predicted octanol–water partition coefficient (Wildman–Crippen LogP) is 3.98. The molecule has 0 unspecified atom stereocenters. The fourth-order valence-electron chi connectivity index (χ4n) is 3.56. The Bertz CT molecular complexity index is 1060. The number of halogens is 2. The first-order valence-electron chi connectivity index (χ1n) is 10.2. The summed E-state index contributed by atoms with van der Waals surface area (Å²) in [6, 6.07) is 13.8. The third-order valence-electron chi connectivity index (χ3n) is 5.31. The van der Waals surface area contributed by atoms with Gasteiger partial charge in [-0.2, -0.15) is 5.10 Å². The van der Waals surface area contributed by atoms with E-state index in [2.05, 4.69) is 10.00 Å². The van der Waals surface area contributed by atoms with Crippen LogP contribution in [0.25, 0.3) is 0 Å². The molecule has 1 fully saturated rings. The topological polar surface area (TPSA) is 50.6 Å². The van der Waals surface area contributed by atoms with Crippen LogP contribution in [0.4, 0.5) is 4.39 Å². The molecule has 0 aliphatic carbocycles. The van der Waals surface area contributed by atoms with Gasteiger partial charge in [0.1, 0.15) is 11.6 Å². The SMILES string of the molecule is Cc1cc(OCn2ccc(C(=O)N3CCN(Cc4cccc(F)c4)CC3)n2)ccc1Cl. The van der Waals surface area contributed by atoms with Crippen molar-refractivity contribution in [1.29, 1.82) is 0 Å². The van der Waals surface area contributed by atoms with Crippen LogP contribution in [0.3, 0.4) is 0 Å². The van der Waals surface area contributed by atoms with Crippen LogP contribution >= 0.6 is 11.6 Å². The number of nitrogens with zero attached hydrogens (tertiary/aromatic N) is 4. The lowest BCUT2D eigenvalue weighted by Gasteiger charge is -2.34. The van der Waals surface area contributed by atoms with E-state index in [0.29, 0.717) is 36.1 Å². The van der Waals surface area contributed by atoms with Crippen molar-refractivity contribution in [2.45, 2.75) is 20.2 Å². The molecule has 1 aliphatic heterocycles. The fraction of sp³-hybridized carbons (Fsp3) is 0.304. The minimum Gasteiger partial charge on any atom is -0.471 e. The van der Waals surface area contributed by atoms with Crippen LogP contribution in [0.5, 0.6) is 5.75 Å². The summed E-state index contributed by atoms with van der Waals surface area (Å²) in [5.41, 5.74) is 2.27. The first kappa shape index (κ1) is 21.3. The molecule has 1 amide bonds. The van der Waals surface area contributed by atoms with Gasteiger partial charge < -0.3 is 9.64 Å². The summed E-state index contributed by atoms with van der Waals surface area (Å²) in [5.74, 6) is 0.378. The van der Waals surface area contributed by atoms with Crippen LogP contribution < -0.4 is 4.74 Å². The zero-order valence-corrected chi connectivity index (χ0v) is 18.1. The smallest absolute Gasteiger partial charge is 0.274 e. The van der Waals surface area contributed by atoms with E-state index in [-0.39, 0.29) is 18.5 Å². The van der Waals surface area contributed by atoms with E-state index in [4.69, 9.17) is 16.3 Å². The van der Waals surface area contributed by atoms with Crippen molar-refractivity contribution in [3.63, 3.8) is 0 Å². The van der Waals surface area contributed by atoms with Gasteiger partial charge in [0, 0.05) is 43.9 Å². The first-order chi connectivity index (χ1) is 15.0. The van der Waals surface area contributed by atoms with Gasteiger partial charge in [-0.05, 0) is 54.4 Å². The Hall–Kier alpha value is -2.90. The van der Waals surface area contributed by atoms with E-state index >= 15 is 0 Å². The number of ether oxygens (including phenoxy) is 1. The second-order valence-corrected chi connectivity index (χ2v) is 8.03. The fourth-order valence-corrected chi connectivity index (χ4v) is 3.68. The molecule has 0 atom stereocenters. The van der Waals surface area contributed by atoms with E-state index in [1.54, 1.807) is 46.1 Å². The van der Waals surface area contributed by atoms with Gasteiger partial charge in [-0.1, -0.05) is 23.7 Å². The van der Waals surface area contributed by atoms with Crippen molar-refractivity contribution in [2.24, 2.45) is 0 Å². The molecule has 162 valence electrons. The number of hydrogen-bond acceptors (Lipinski definition) is 4. The number of benzene rings is 2. The van der Waals surface area contributed by atoms with Crippen LogP contribution in [0.1, 0.15) is 21.6 Å². The summed E-state index contributed by atoms with van der Waals surface area (Å²) < 4.78 is 20.7. The van der Waals surface area contributed by atoms with Crippen molar-refractivity contribution in [3.8, 4) is 5.75 Å². The number of amides is 1. The maximum atomic E-state index is 13.4. The highest BCUT2D eigenvalue weighted by molar-refractivity contribution is 6.31. The van der Waals surface area contributed by atoms with Gasteiger partial charge in [-0.15, -0.1) is 0 Å². The van der Waals surface area contributed by atoms with E-state index in [9.17, 15) is 9.18 Å². The van der Waals surface area contributed by atoms with Crippen molar-refractivity contribution < 1.29 is 13.9 Å². The number of aromatic nitrogens is 2. The van der Waals surface area contributed by atoms with Gasteiger partial charge >= 0.3 is 0 Å². The van der Waals surface area contributed by atoms with Crippen molar-refractivity contribution in [1.82, 2.24) is 19.6 Å². The molecular formula is C23H24ClFN4O2. The summed E-state index contributed by atoms with van der Waals surface area (Å²) >= 11 is 6.03. The molecule has 0 N–H and O–H groups in total. The standard InChI is InChI=1S/C23H24ClFN4O2/c1-17-13-20(5-6-21(17)24)31-16-29-8-7-22(26-29)23(30)28-11-9-27(10-12-28)15-18-3-2-4-19(25)14-18/h2-8,13-14H,9-12,15-16H2,1H3. The van der Waals surface area contributed by atoms with Crippen molar-refractivity contribution in [3.05, 3.63) is 82.4 Å². The Balaban J connectivity index is 1.28.